The van der Waals surface area contributed by atoms with E-state index in [9.17, 15) is 0 Å². The number of rotatable bonds is 3. The van der Waals surface area contributed by atoms with Crippen molar-refractivity contribution in [3.05, 3.63) is 82.9 Å². The SMILES string of the molecule is C[SiH](C)[Ti]([CH]1C=Cc2ccccc21)[CH]1C=Cc2ccccc21. The Kier molecular flexibility index (Phi) is 3.81. The fraction of sp³-hybridized carbons (Fsp3) is 0.200. The average molecular weight is 337 g/mol. The predicted molar refractivity (Wildman–Crippen MR) is 95.3 cm³/mol. The molecule has 0 aliphatic heterocycles. The van der Waals surface area contributed by atoms with E-state index in [0.29, 0.717) is 0 Å². The topological polar surface area (TPSA) is 0 Å². The Hall–Kier alpha value is -1.15. The Morgan fingerprint density at radius 2 is 1.18 bits per heavy atom. The van der Waals surface area contributed by atoms with E-state index >= 15 is 0 Å². The Balaban J connectivity index is 1.76. The van der Waals surface area contributed by atoms with Gasteiger partial charge in [0.25, 0.3) is 0 Å². The summed E-state index contributed by atoms with van der Waals surface area (Å²) >= 11 is -1.25. The molecule has 0 bridgehead atoms. The van der Waals surface area contributed by atoms with Crippen molar-refractivity contribution in [2.45, 2.75) is 21.5 Å². The molecule has 0 saturated heterocycles. The molecule has 0 N–H and O–H groups in total. The molecule has 0 aromatic heterocycles. The molecule has 2 unspecified atom stereocenters. The van der Waals surface area contributed by atoms with Gasteiger partial charge >= 0.3 is 140 Å². The summed E-state index contributed by atoms with van der Waals surface area (Å²) in [6, 6.07) is 18.1. The first-order chi connectivity index (χ1) is 10.8. The van der Waals surface area contributed by atoms with Crippen LogP contribution < -0.4 is 0 Å². The summed E-state index contributed by atoms with van der Waals surface area (Å²) < 4.78 is 1.51. The van der Waals surface area contributed by atoms with E-state index in [1.165, 1.54) is 11.1 Å². The molecular formula is C20H21SiTi. The number of hydrogen-bond donors (Lipinski definition) is 0. The molecule has 2 aromatic rings. The summed E-state index contributed by atoms with van der Waals surface area (Å²) in [6.45, 7) is 4.52. The average Bonchev–Trinajstić information content (AvgIpc) is 3.13. The van der Waals surface area contributed by atoms with Crippen molar-refractivity contribution in [1.29, 1.82) is 0 Å². The quantitative estimate of drug-likeness (QED) is 0.682. The predicted octanol–water partition coefficient (Wildman–Crippen LogP) is 5.12. The van der Waals surface area contributed by atoms with Gasteiger partial charge in [-0.1, -0.05) is 0 Å². The molecule has 22 heavy (non-hydrogen) atoms. The first kappa shape index (κ1) is 14.4. The van der Waals surface area contributed by atoms with Gasteiger partial charge in [0.15, 0.2) is 0 Å². The Morgan fingerprint density at radius 3 is 1.64 bits per heavy atom. The number of fused-ring (bicyclic) bond motifs is 2. The Bertz CT molecular complexity index is 698. The third-order valence-corrected chi connectivity index (χ3v) is 19.3. The van der Waals surface area contributed by atoms with Gasteiger partial charge < -0.3 is 0 Å². The second-order valence-electron chi connectivity index (χ2n) is 6.59. The fourth-order valence-electron chi connectivity index (χ4n) is 3.99. The van der Waals surface area contributed by atoms with Gasteiger partial charge in [0.2, 0.25) is 0 Å². The maximum atomic E-state index is 2.58. The summed E-state index contributed by atoms with van der Waals surface area (Å²) in [5.41, 5.74) is 6.14. The monoisotopic (exact) mass is 337 g/mol. The number of hydrogen-bond acceptors (Lipinski definition) is 0. The van der Waals surface area contributed by atoms with Crippen molar-refractivity contribution < 1.29 is 17.1 Å². The zero-order chi connectivity index (χ0) is 15.1. The summed E-state index contributed by atoms with van der Waals surface area (Å²) in [6.07, 6.45) is 9.80. The van der Waals surface area contributed by atoms with Crippen LogP contribution in [-0.2, 0) is 17.1 Å². The van der Waals surface area contributed by atoms with E-state index in [-0.39, 0.29) is 0 Å². The van der Waals surface area contributed by atoms with Gasteiger partial charge in [0.1, 0.15) is 0 Å². The number of benzene rings is 2. The summed E-state index contributed by atoms with van der Waals surface area (Å²) in [5, 5.41) is 0. The van der Waals surface area contributed by atoms with Gasteiger partial charge in [0.05, 0.1) is 0 Å². The van der Waals surface area contributed by atoms with Crippen LogP contribution in [0.5, 0.6) is 0 Å². The van der Waals surface area contributed by atoms with Gasteiger partial charge in [0, 0.05) is 0 Å². The van der Waals surface area contributed by atoms with Gasteiger partial charge in [-0.2, -0.15) is 0 Å². The van der Waals surface area contributed by atoms with Crippen molar-refractivity contribution in [3.63, 3.8) is 0 Å². The van der Waals surface area contributed by atoms with E-state index in [2.05, 4.69) is 85.9 Å². The molecule has 0 amide bonds. The van der Waals surface area contributed by atoms with Gasteiger partial charge in [-0.05, 0) is 0 Å². The molecule has 0 radical (unpaired) electrons. The fourth-order valence-corrected chi connectivity index (χ4v) is 18.1. The van der Waals surface area contributed by atoms with Crippen LogP contribution in [0.4, 0.5) is 0 Å². The minimum absolute atomic E-state index is 0.645. The van der Waals surface area contributed by atoms with Crippen molar-refractivity contribution in [2.75, 3.05) is 0 Å². The molecule has 2 aromatic carbocycles. The molecule has 0 fully saturated rings. The van der Waals surface area contributed by atoms with E-state index in [1.54, 1.807) is 11.1 Å². The van der Waals surface area contributed by atoms with E-state index in [4.69, 9.17) is 0 Å². The molecule has 0 heterocycles. The zero-order valence-corrected chi connectivity index (χ0v) is 15.9. The van der Waals surface area contributed by atoms with Gasteiger partial charge in [-0.15, -0.1) is 0 Å². The normalized spacial score (nSPS) is 21.2. The summed E-state index contributed by atoms with van der Waals surface area (Å²) in [7, 11) is 0. The van der Waals surface area contributed by atoms with E-state index in [0.717, 1.165) is 8.45 Å². The second kappa shape index (κ2) is 5.81. The molecule has 4 rings (SSSR count). The summed E-state index contributed by atoms with van der Waals surface area (Å²) in [5.74, 6) is 0. The van der Waals surface area contributed by atoms with Crippen LogP contribution in [0.1, 0.15) is 30.7 Å². The molecule has 2 aliphatic rings. The minimum atomic E-state index is -1.25. The van der Waals surface area contributed by atoms with Crippen molar-refractivity contribution in [3.8, 4) is 0 Å². The van der Waals surface area contributed by atoms with Gasteiger partial charge in [-0.3, -0.25) is 0 Å². The Labute approximate surface area is 140 Å². The maximum absolute atomic E-state index is 2.58. The molecule has 2 heteroatoms. The van der Waals surface area contributed by atoms with Crippen LogP contribution in [0.3, 0.4) is 0 Å². The molecule has 2 aliphatic carbocycles. The van der Waals surface area contributed by atoms with Crippen LogP contribution in [-0.4, -0.2) is 6.66 Å². The zero-order valence-electron chi connectivity index (χ0n) is 13.2. The third-order valence-electron chi connectivity index (χ3n) is 4.98. The van der Waals surface area contributed by atoms with E-state index < -0.39 is 23.8 Å². The standard InChI is InChI=1S/2C9H7.C2H7Si.Ti/c2*1-2-5-9-7-3-6-8(9)4-1;1-3-2;/h2*1-7H;3H,1-2H3;. The van der Waals surface area contributed by atoms with Crippen LogP contribution >= 0.6 is 0 Å². The molecule has 0 saturated carbocycles. The van der Waals surface area contributed by atoms with Crippen molar-refractivity contribution >= 4 is 18.8 Å². The molecule has 0 nitrogen and oxygen atoms in total. The van der Waals surface area contributed by atoms with Crippen LogP contribution in [0.2, 0.25) is 13.1 Å². The van der Waals surface area contributed by atoms with Crippen LogP contribution in [0.15, 0.2) is 60.7 Å². The third kappa shape index (κ3) is 2.32. The van der Waals surface area contributed by atoms with E-state index in [1.807, 2.05) is 0 Å². The molecule has 109 valence electrons. The summed E-state index contributed by atoms with van der Waals surface area (Å²) in [4.78, 5) is 0. The number of allylic oxidation sites excluding steroid dienone is 2. The molecule has 0 spiro atoms. The van der Waals surface area contributed by atoms with Crippen LogP contribution in [0, 0.1) is 0 Å². The first-order valence-electron chi connectivity index (χ1n) is 8.16. The second-order valence-corrected chi connectivity index (χ2v) is 20.6. The van der Waals surface area contributed by atoms with Crippen molar-refractivity contribution in [1.82, 2.24) is 0 Å². The first-order valence-corrected chi connectivity index (χ1v) is 15.6. The molecule has 2 atom stereocenters. The van der Waals surface area contributed by atoms with Crippen molar-refractivity contribution in [2.24, 2.45) is 0 Å². The Morgan fingerprint density at radius 1 is 0.727 bits per heavy atom. The van der Waals surface area contributed by atoms with Gasteiger partial charge in [-0.25, -0.2) is 0 Å². The van der Waals surface area contributed by atoms with Crippen LogP contribution in [0.25, 0.3) is 12.2 Å². The molecular weight excluding hydrogens is 316 g/mol.